The van der Waals surface area contributed by atoms with Crippen molar-refractivity contribution >= 4 is 11.9 Å². The third kappa shape index (κ3) is 4.90. The summed E-state index contributed by atoms with van der Waals surface area (Å²) in [6.07, 6.45) is -7.37. The molecule has 0 saturated carbocycles. The van der Waals surface area contributed by atoms with Crippen molar-refractivity contribution in [1.29, 1.82) is 0 Å². The number of anilines is 1. The summed E-state index contributed by atoms with van der Waals surface area (Å²) in [6, 6.07) is 1.10. The summed E-state index contributed by atoms with van der Waals surface area (Å²) in [6.45, 7) is 1.39. The van der Waals surface area contributed by atoms with Gasteiger partial charge in [-0.05, 0) is 31.2 Å². The monoisotopic (exact) mass is 445 g/mol. The average molecular weight is 445 g/mol. The smallest absolute Gasteiger partial charge is 0.366 e. The van der Waals surface area contributed by atoms with E-state index < -0.39 is 41.0 Å². The Balaban J connectivity index is 1.94. The molecule has 0 unspecified atom stereocenters. The van der Waals surface area contributed by atoms with Gasteiger partial charge in [0, 0.05) is 18.0 Å². The molecule has 1 amide bonds. The number of nitrogens with two attached hydrogens (primary N) is 1. The maximum Gasteiger partial charge on any atom is 0.416 e. The van der Waals surface area contributed by atoms with Crippen molar-refractivity contribution < 1.29 is 31.1 Å². The number of amides is 1. The number of alkyl halides is 6. The summed E-state index contributed by atoms with van der Waals surface area (Å²) in [7, 11) is 0. The van der Waals surface area contributed by atoms with Gasteiger partial charge in [0.25, 0.3) is 11.9 Å². The molecule has 0 aliphatic rings. The van der Waals surface area contributed by atoms with Crippen molar-refractivity contribution in [1.82, 2.24) is 30.0 Å². The summed E-state index contributed by atoms with van der Waals surface area (Å²) < 4.78 is 79.2. The number of benzene rings is 1. The first-order valence-corrected chi connectivity index (χ1v) is 8.46. The fourth-order valence-corrected chi connectivity index (χ4v) is 2.60. The molecule has 1 aromatic carbocycles. The molecule has 8 nitrogen and oxygen atoms in total. The Hall–Kier alpha value is -3.71. The molecule has 164 valence electrons. The molecule has 0 saturated heterocycles. The molecule has 0 fully saturated rings. The SMILES string of the molecule is C[C@H](NC(=O)c1cc(C(F)(F)F)cc(C(F)(F)F)c1)c1nc(N)nn1-c1ncccn1. The number of halogens is 6. The van der Waals surface area contributed by atoms with Crippen LogP contribution in [-0.4, -0.2) is 30.6 Å². The number of carbonyl (C=O) groups excluding carboxylic acids is 1. The number of nitrogens with one attached hydrogen (secondary N) is 1. The van der Waals surface area contributed by atoms with Gasteiger partial charge in [-0.3, -0.25) is 4.79 Å². The molecule has 0 aliphatic heterocycles. The summed E-state index contributed by atoms with van der Waals surface area (Å²) >= 11 is 0. The fourth-order valence-electron chi connectivity index (χ4n) is 2.60. The van der Waals surface area contributed by atoms with Crippen molar-refractivity contribution in [3.63, 3.8) is 0 Å². The first-order valence-electron chi connectivity index (χ1n) is 8.46. The molecule has 2 heterocycles. The summed E-state index contributed by atoms with van der Waals surface area (Å²) in [5.74, 6) is -1.34. The molecule has 2 aromatic heterocycles. The minimum atomic E-state index is -5.08. The van der Waals surface area contributed by atoms with Gasteiger partial charge in [-0.1, -0.05) is 0 Å². The van der Waals surface area contributed by atoms with E-state index in [2.05, 4.69) is 25.4 Å². The number of aromatic nitrogens is 5. The van der Waals surface area contributed by atoms with E-state index in [1.807, 2.05) is 0 Å². The van der Waals surface area contributed by atoms with Gasteiger partial charge in [-0.15, -0.1) is 5.10 Å². The largest absolute Gasteiger partial charge is 0.416 e. The number of nitrogen functional groups attached to an aromatic ring is 1. The van der Waals surface area contributed by atoms with E-state index in [-0.39, 0.29) is 23.8 Å². The van der Waals surface area contributed by atoms with Crippen molar-refractivity contribution in [3.05, 3.63) is 59.2 Å². The van der Waals surface area contributed by atoms with Crippen LogP contribution in [0.25, 0.3) is 5.95 Å². The lowest BCUT2D eigenvalue weighted by molar-refractivity contribution is -0.143. The molecule has 14 heteroatoms. The van der Waals surface area contributed by atoms with Gasteiger partial charge in [0.15, 0.2) is 5.82 Å². The Morgan fingerprint density at radius 1 is 1.03 bits per heavy atom. The van der Waals surface area contributed by atoms with Crippen LogP contribution in [0.1, 0.15) is 40.3 Å². The molecule has 3 aromatic rings. The Bertz CT molecular complexity index is 1060. The van der Waals surface area contributed by atoms with Crippen LogP contribution in [0.3, 0.4) is 0 Å². The molecule has 1 atom stereocenters. The Morgan fingerprint density at radius 3 is 2.10 bits per heavy atom. The first kappa shape index (κ1) is 22.0. The van der Waals surface area contributed by atoms with Crippen molar-refractivity contribution in [2.75, 3.05) is 5.73 Å². The highest BCUT2D eigenvalue weighted by molar-refractivity contribution is 5.94. The van der Waals surface area contributed by atoms with Gasteiger partial charge >= 0.3 is 12.4 Å². The molecule has 0 aliphatic carbocycles. The second kappa shape index (κ2) is 7.85. The van der Waals surface area contributed by atoms with Gasteiger partial charge in [0.05, 0.1) is 17.2 Å². The van der Waals surface area contributed by atoms with Crippen LogP contribution in [0.2, 0.25) is 0 Å². The predicted molar refractivity (Wildman–Crippen MR) is 93.7 cm³/mol. The van der Waals surface area contributed by atoms with Crippen LogP contribution in [0, 0.1) is 0 Å². The molecule has 0 bridgehead atoms. The average Bonchev–Trinajstić information content (AvgIpc) is 3.09. The summed E-state index contributed by atoms with van der Waals surface area (Å²) in [5.41, 5.74) is 1.53. The van der Waals surface area contributed by atoms with Crippen LogP contribution in [0.5, 0.6) is 0 Å². The third-order valence-electron chi connectivity index (χ3n) is 3.97. The number of hydrogen-bond acceptors (Lipinski definition) is 6. The predicted octanol–water partition coefficient (Wildman–Crippen LogP) is 3.17. The van der Waals surface area contributed by atoms with E-state index in [0.29, 0.717) is 12.1 Å². The number of rotatable bonds is 4. The highest BCUT2D eigenvalue weighted by Crippen LogP contribution is 2.36. The standard InChI is InChI=1S/C17H13F6N7O/c1-8(12-28-14(24)29-30(12)15-25-3-2-4-26-15)27-13(31)9-5-10(16(18,19)20)7-11(6-9)17(21,22)23/h2-8H,1H3,(H2,24,29)(H,27,31)/t8-/m0/s1. The summed E-state index contributed by atoms with van der Waals surface area (Å²) in [4.78, 5) is 24.3. The second-order valence-electron chi connectivity index (χ2n) is 6.28. The number of hydrogen-bond donors (Lipinski definition) is 2. The van der Waals surface area contributed by atoms with Crippen LogP contribution < -0.4 is 11.1 Å². The molecule has 0 radical (unpaired) electrons. The van der Waals surface area contributed by atoms with E-state index in [1.54, 1.807) is 0 Å². The third-order valence-corrected chi connectivity index (χ3v) is 3.97. The van der Waals surface area contributed by atoms with Crippen molar-refractivity contribution in [2.24, 2.45) is 0 Å². The van der Waals surface area contributed by atoms with Crippen LogP contribution in [0.4, 0.5) is 32.3 Å². The van der Waals surface area contributed by atoms with Gasteiger partial charge in [0.2, 0.25) is 5.95 Å². The molecule has 3 N–H and O–H groups in total. The van der Waals surface area contributed by atoms with Crippen LogP contribution in [0.15, 0.2) is 36.7 Å². The molecular weight excluding hydrogens is 432 g/mol. The Morgan fingerprint density at radius 2 is 1.58 bits per heavy atom. The highest BCUT2D eigenvalue weighted by Gasteiger charge is 2.37. The minimum Gasteiger partial charge on any atom is -0.366 e. The topological polar surface area (TPSA) is 112 Å². The van der Waals surface area contributed by atoms with Crippen molar-refractivity contribution in [3.8, 4) is 5.95 Å². The van der Waals surface area contributed by atoms with E-state index in [1.165, 1.54) is 25.4 Å². The molecule has 0 spiro atoms. The van der Waals surface area contributed by atoms with Crippen LogP contribution in [-0.2, 0) is 12.4 Å². The molecular formula is C17H13F6N7O. The maximum absolute atomic E-state index is 13.0. The lowest BCUT2D eigenvalue weighted by Gasteiger charge is -2.16. The van der Waals surface area contributed by atoms with Gasteiger partial charge in [0.1, 0.15) is 0 Å². The summed E-state index contributed by atoms with van der Waals surface area (Å²) in [5, 5.41) is 6.17. The van der Waals surface area contributed by atoms with E-state index in [9.17, 15) is 31.1 Å². The lowest BCUT2D eigenvalue weighted by atomic mass is 10.0. The van der Waals surface area contributed by atoms with Gasteiger partial charge < -0.3 is 11.1 Å². The Labute approximate surface area is 170 Å². The van der Waals surface area contributed by atoms with Crippen molar-refractivity contribution in [2.45, 2.75) is 25.3 Å². The number of nitrogens with zero attached hydrogens (tertiary/aromatic N) is 5. The normalized spacial score (nSPS) is 13.1. The highest BCUT2D eigenvalue weighted by atomic mass is 19.4. The fraction of sp³-hybridized carbons (Fsp3) is 0.235. The first-order chi connectivity index (χ1) is 14.4. The van der Waals surface area contributed by atoms with E-state index >= 15 is 0 Å². The minimum absolute atomic E-state index is 0.0140. The molecule has 31 heavy (non-hydrogen) atoms. The van der Waals surface area contributed by atoms with Gasteiger partial charge in [-0.2, -0.15) is 36.0 Å². The Kier molecular flexibility index (Phi) is 5.57. The maximum atomic E-state index is 13.0. The quantitative estimate of drug-likeness (QED) is 0.597. The van der Waals surface area contributed by atoms with Crippen LogP contribution >= 0.6 is 0 Å². The zero-order valence-corrected chi connectivity index (χ0v) is 15.5. The number of carbonyl (C=O) groups is 1. The van der Waals surface area contributed by atoms with E-state index in [4.69, 9.17) is 5.73 Å². The second-order valence-corrected chi connectivity index (χ2v) is 6.28. The molecule has 3 rings (SSSR count). The zero-order valence-electron chi connectivity index (χ0n) is 15.5. The lowest BCUT2D eigenvalue weighted by Crippen LogP contribution is -2.29. The van der Waals surface area contributed by atoms with Gasteiger partial charge in [-0.25, -0.2) is 9.97 Å². The zero-order chi connectivity index (χ0) is 23.0. The van der Waals surface area contributed by atoms with E-state index in [0.717, 1.165) is 4.68 Å².